The van der Waals surface area contributed by atoms with Crippen molar-refractivity contribution in [2.24, 2.45) is 7.05 Å². The topological polar surface area (TPSA) is 152 Å². The number of hydrogen-bond donors (Lipinski definition) is 4. The van der Waals surface area contributed by atoms with Crippen LogP contribution in [0.15, 0.2) is 36.7 Å². The molecule has 3 heterocycles. The molecule has 0 fully saturated rings. The van der Waals surface area contributed by atoms with Gasteiger partial charge in [0.05, 0.1) is 65.3 Å². The number of aliphatic hydroxyl groups excluding tert-OH is 1. The summed E-state index contributed by atoms with van der Waals surface area (Å²) < 4.78 is 5.66. The van der Waals surface area contributed by atoms with Crippen molar-refractivity contribution in [3.63, 3.8) is 0 Å². The third kappa shape index (κ3) is 5.83. The summed E-state index contributed by atoms with van der Waals surface area (Å²) in [6, 6.07) is 6.91. The van der Waals surface area contributed by atoms with Crippen molar-refractivity contribution in [3.8, 4) is 16.3 Å². The van der Waals surface area contributed by atoms with Crippen LogP contribution in [0.25, 0.3) is 10.6 Å². The Morgan fingerprint density at radius 3 is 2.61 bits per heavy atom. The Hall–Kier alpha value is -3.91. The number of rotatable bonds is 9. The number of thiazole rings is 1. The molecule has 16 heteroatoms. The van der Waals surface area contributed by atoms with Crippen molar-refractivity contribution < 1.29 is 14.6 Å². The van der Waals surface area contributed by atoms with E-state index in [4.69, 9.17) is 28.3 Å². The van der Waals surface area contributed by atoms with Gasteiger partial charge in [0.2, 0.25) is 0 Å². The van der Waals surface area contributed by atoms with Gasteiger partial charge in [-0.3, -0.25) is 4.79 Å². The molecule has 0 unspecified atom stereocenters. The molecule has 6 radical (unpaired) electrons. The Morgan fingerprint density at radius 2 is 1.97 bits per heavy atom. The van der Waals surface area contributed by atoms with E-state index in [1.807, 2.05) is 6.07 Å². The van der Waals surface area contributed by atoms with Gasteiger partial charge in [0.1, 0.15) is 5.01 Å². The number of nitrogens with one attached hydrogen (secondary N) is 3. The summed E-state index contributed by atoms with van der Waals surface area (Å²) >= 11 is 1.33. The molecule has 0 bridgehead atoms. The first-order valence-electron chi connectivity index (χ1n) is 10.4. The summed E-state index contributed by atoms with van der Waals surface area (Å²) in [6.45, 7) is -0.119. The van der Waals surface area contributed by atoms with Crippen molar-refractivity contribution >= 4 is 63.8 Å². The number of anilines is 4. The highest BCUT2D eigenvalue weighted by Gasteiger charge is 2.22. The Bertz CT molecular complexity index is 1390. The maximum Gasteiger partial charge on any atom is 0.272 e. The van der Waals surface area contributed by atoms with E-state index in [-0.39, 0.29) is 23.8 Å². The largest absolute Gasteiger partial charge is 0.494 e. The first kappa shape index (κ1) is 25.2. The molecule has 1 amide bonds. The molecule has 1 aromatic carbocycles. The highest BCUT2D eigenvalue weighted by Crippen LogP contribution is 2.40. The second-order valence-electron chi connectivity index (χ2n) is 7.52. The summed E-state index contributed by atoms with van der Waals surface area (Å²) in [6.07, 6.45) is 3.10. The van der Waals surface area contributed by atoms with Crippen LogP contribution in [-0.2, 0) is 13.7 Å². The first-order chi connectivity index (χ1) is 17.2. The van der Waals surface area contributed by atoms with E-state index in [2.05, 4.69) is 41.3 Å². The van der Waals surface area contributed by atoms with Crippen LogP contribution in [0, 0.1) is 0 Å². The average Bonchev–Trinajstić information content (AvgIpc) is 3.46. The van der Waals surface area contributed by atoms with E-state index in [1.165, 1.54) is 29.4 Å². The second-order valence-corrected chi connectivity index (χ2v) is 8.64. The van der Waals surface area contributed by atoms with Gasteiger partial charge in [-0.1, -0.05) is 11.3 Å². The summed E-state index contributed by atoms with van der Waals surface area (Å²) in [7, 11) is 19.8. The quantitative estimate of drug-likeness (QED) is 0.242. The van der Waals surface area contributed by atoms with Crippen LogP contribution >= 0.6 is 11.3 Å². The fourth-order valence-electron chi connectivity index (χ4n) is 3.18. The molecule has 176 valence electrons. The minimum absolute atomic E-state index is 0.119. The second kappa shape index (κ2) is 10.4. The number of amides is 1. The van der Waals surface area contributed by atoms with Crippen molar-refractivity contribution in [2.45, 2.75) is 11.8 Å². The zero-order valence-electron chi connectivity index (χ0n) is 19.3. The van der Waals surface area contributed by atoms with Crippen LogP contribution in [0.2, 0.25) is 0 Å². The van der Waals surface area contributed by atoms with Crippen LogP contribution in [0.1, 0.15) is 15.4 Å². The summed E-state index contributed by atoms with van der Waals surface area (Å²) in [4.78, 5) is 19.3. The van der Waals surface area contributed by atoms with E-state index >= 15 is 0 Å². The van der Waals surface area contributed by atoms with E-state index in [9.17, 15) is 9.90 Å². The summed E-state index contributed by atoms with van der Waals surface area (Å²) in [5, 5.41) is 32.6. The third-order valence-electron chi connectivity index (χ3n) is 4.62. The number of carbonyl (C=O) groups excluding carboxylic acids is 1. The number of carbonyl (C=O) groups is 1. The van der Waals surface area contributed by atoms with Crippen molar-refractivity contribution in [2.75, 3.05) is 17.7 Å². The molecule has 0 spiro atoms. The molecule has 0 atom stereocenters. The number of aromatic nitrogens is 6. The zero-order valence-corrected chi connectivity index (χ0v) is 20.1. The fourth-order valence-corrected chi connectivity index (χ4v) is 3.97. The van der Waals surface area contributed by atoms with Gasteiger partial charge in [-0.05, 0) is 12.1 Å². The Balaban J connectivity index is 1.74. The van der Waals surface area contributed by atoms with Crippen molar-refractivity contribution in [1.29, 1.82) is 0 Å². The number of benzene rings is 1. The highest BCUT2D eigenvalue weighted by atomic mass is 32.1. The van der Waals surface area contributed by atoms with E-state index < -0.39 is 11.1 Å². The van der Waals surface area contributed by atoms with Crippen LogP contribution in [0.4, 0.5) is 23.0 Å². The number of aliphatic hydroxyl groups is 1. The number of hydrogen-bond acceptors (Lipinski definition) is 11. The number of methoxy groups -OCH3 is 1. The molecule has 3 aromatic heterocycles. The van der Waals surface area contributed by atoms with Gasteiger partial charge >= 0.3 is 0 Å². The van der Waals surface area contributed by atoms with Gasteiger partial charge < -0.3 is 25.8 Å². The highest BCUT2D eigenvalue weighted by molar-refractivity contribution is 7.15. The lowest BCUT2D eigenvalue weighted by molar-refractivity contribution is 0.0947. The molecule has 36 heavy (non-hydrogen) atoms. The summed E-state index contributed by atoms with van der Waals surface area (Å²) in [5.74, 6) is 0.388. The number of para-hydroxylation sites is 1. The monoisotopic (exact) mass is 497 g/mol. The van der Waals surface area contributed by atoms with E-state index in [0.717, 1.165) is 0 Å². The van der Waals surface area contributed by atoms with Crippen LogP contribution < -0.4 is 20.7 Å². The SMILES string of the molecule is [B]C([B])([B])NC(=O)c1nnc(Nc2cnn(C)n2)cc1Nc1cccc(-c2ncc(CO)s2)c1OC. The van der Waals surface area contributed by atoms with Crippen LogP contribution in [0.3, 0.4) is 0 Å². The molecule has 0 aliphatic heterocycles. The van der Waals surface area contributed by atoms with E-state index in [0.29, 0.717) is 32.7 Å². The lowest BCUT2D eigenvalue weighted by Crippen LogP contribution is -2.50. The molecule has 0 aliphatic rings. The average molecular weight is 497 g/mol. The molecular formula is C20H18B3N9O3S. The first-order valence-corrected chi connectivity index (χ1v) is 11.2. The molecule has 4 aromatic rings. The maximum absolute atomic E-state index is 12.8. The molecule has 12 nitrogen and oxygen atoms in total. The standard InChI is InChI=1S/C20H18B3N9O3S/c1-32-25-8-15(31-32)27-14-6-13(16(30-29-14)18(34)28-20(21,22)23)26-12-5-3-4-11(17(12)35-2)19-24-7-10(9-33)36-19/h3-8,33H,9H2,1-2H3,(H,28,34)(H2,26,27,29,31). The fraction of sp³-hybridized carbons (Fsp3) is 0.200. The lowest BCUT2D eigenvalue weighted by Gasteiger charge is -2.23. The predicted octanol–water partition coefficient (Wildman–Crippen LogP) is 0.563. The number of aryl methyl sites for hydroxylation is 1. The van der Waals surface area contributed by atoms with Gasteiger partial charge in [0.15, 0.2) is 23.1 Å². The third-order valence-corrected chi connectivity index (χ3v) is 5.64. The Morgan fingerprint density at radius 1 is 1.17 bits per heavy atom. The maximum atomic E-state index is 12.8. The van der Waals surface area contributed by atoms with Gasteiger partial charge in [0, 0.05) is 19.3 Å². The minimum Gasteiger partial charge on any atom is -0.494 e. The molecule has 0 aliphatic carbocycles. The Kier molecular flexibility index (Phi) is 7.26. The molecular weight excluding hydrogens is 479 g/mol. The smallest absolute Gasteiger partial charge is 0.272 e. The van der Waals surface area contributed by atoms with E-state index in [1.54, 1.807) is 31.4 Å². The predicted molar refractivity (Wildman–Crippen MR) is 137 cm³/mol. The van der Waals surface area contributed by atoms with Crippen molar-refractivity contribution in [3.05, 3.63) is 47.2 Å². The Labute approximate surface area is 214 Å². The van der Waals surface area contributed by atoms with Gasteiger partial charge in [-0.2, -0.15) is 9.90 Å². The molecule has 0 saturated carbocycles. The summed E-state index contributed by atoms with van der Waals surface area (Å²) in [5.41, 5.74) is 1.30. The van der Waals surface area contributed by atoms with Gasteiger partial charge in [0.25, 0.3) is 5.91 Å². The lowest BCUT2D eigenvalue weighted by atomic mass is 9.49. The molecule has 4 rings (SSSR count). The normalized spacial score (nSPS) is 11.2. The minimum atomic E-state index is -1.97. The number of nitrogens with zero attached hydrogens (tertiary/aromatic N) is 6. The van der Waals surface area contributed by atoms with Crippen LogP contribution in [0.5, 0.6) is 5.75 Å². The van der Waals surface area contributed by atoms with Gasteiger partial charge in [-0.25, -0.2) is 4.98 Å². The van der Waals surface area contributed by atoms with Crippen molar-refractivity contribution in [1.82, 2.24) is 35.5 Å². The molecule has 0 saturated heterocycles. The number of ether oxygens (including phenoxy) is 1. The molecule has 4 N–H and O–H groups in total. The van der Waals surface area contributed by atoms with Crippen LogP contribution in [-0.4, -0.2) is 77.1 Å². The zero-order chi connectivity index (χ0) is 25.9. The van der Waals surface area contributed by atoms with Gasteiger partial charge in [-0.15, -0.1) is 26.6 Å².